The summed E-state index contributed by atoms with van der Waals surface area (Å²) in [4.78, 5) is 8.03. The van der Waals surface area contributed by atoms with Crippen LogP contribution in [0.5, 0.6) is 0 Å². The number of aromatic nitrogens is 2. The van der Waals surface area contributed by atoms with Gasteiger partial charge < -0.3 is 5.32 Å². The minimum atomic E-state index is -0.242. The molecule has 2 heterocycles. The van der Waals surface area contributed by atoms with Crippen molar-refractivity contribution in [2.75, 3.05) is 0 Å². The molecule has 0 amide bonds. The van der Waals surface area contributed by atoms with Crippen LogP contribution >= 0.6 is 23.4 Å². The monoisotopic (exact) mass is 293 g/mol. The second-order valence-electron chi connectivity index (χ2n) is 3.95. The molecule has 3 nitrogen and oxygen atoms in total. The summed E-state index contributed by atoms with van der Waals surface area (Å²) in [6.07, 6.45) is 1.63. The molecule has 96 valence electrons. The number of nitrogens with zero attached hydrogens (tertiary/aromatic N) is 2. The number of benzene rings is 1. The number of hydrogen-bond acceptors (Lipinski definition) is 4. The van der Waals surface area contributed by atoms with Crippen molar-refractivity contribution in [3.63, 3.8) is 0 Å². The Morgan fingerprint density at radius 3 is 2.74 bits per heavy atom. The minimum absolute atomic E-state index is 0.000512. The third kappa shape index (κ3) is 2.72. The predicted octanol–water partition coefficient (Wildman–Crippen LogP) is 3.60. The first-order valence-corrected chi connectivity index (χ1v) is 6.91. The Morgan fingerprint density at radius 2 is 2.00 bits per heavy atom. The van der Waals surface area contributed by atoms with Crippen molar-refractivity contribution in [3.8, 4) is 0 Å². The maximum atomic E-state index is 12.9. The summed E-state index contributed by atoms with van der Waals surface area (Å²) >= 11 is 7.37. The summed E-state index contributed by atoms with van der Waals surface area (Å²) < 4.78 is 12.9. The van der Waals surface area contributed by atoms with Crippen molar-refractivity contribution in [3.05, 3.63) is 64.3 Å². The number of hydrogen-bond donors (Lipinski definition) is 1. The first-order chi connectivity index (χ1) is 9.22. The predicted molar refractivity (Wildman–Crippen MR) is 74.9 cm³/mol. The van der Waals surface area contributed by atoms with Crippen LogP contribution in [0.2, 0.25) is 5.28 Å². The molecule has 0 saturated carbocycles. The quantitative estimate of drug-likeness (QED) is 0.859. The van der Waals surface area contributed by atoms with Crippen molar-refractivity contribution < 1.29 is 4.39 Å². The number of thioether (sulfide) groups is 1. The van der Waals surface area contributed by atoms with Gasteiger partial charge in [0.25, 0.3) is 0 Å². The van der Waals surface area contributed by atoms with E-state index in [0.29, 0.717) is 0 Å². The maximum absolute atomic E-state index is 12.9. The third-order valence-corrected chi connectivity index (χ3v) is 3.87. The Bertz CT molecular complexity index is 630. The molecule has 0 fully saturated rings. The van der Waals surface area contributed by atoms with Crippen LogP contribution < -0.4 is 5.32 Å². The van der Waals surface area contributed by atoms with E-state index in [4.69, 9.17) is 11.6 Å². The van der Waals surface area contributed by atoms with Crippen LogP contribution in [0.1, 0.15) is 16.6 Å². The third-order valence-electron chi connectivity index (χ3n) is 2.68. The van der Waals surface area contributed by atoms with Crippen LogP contribution in [0.4, 0.5) is 4.39 Å². The van der Waals surface area contributed by atoms with Crippen molar-refractivity contribution in [2.45, 2.75) is 5.37 Å². The van der Waals surface area contributed by atoms with Crippen molar-refractivity contribution in [1.29, 1.82) is 0 Å². The highest BCUT2D eigenvalue weighted by Gasteiger charge is 2.20. The molecule has 1 atom stereocenters. The fourth-order valence-electron chi connectivity index (χ4n) is 1.76. The van der Waals surface area contributed by atoms with E-state index in [1.54, 1.807) is 30.1 Å². The van der Waals surface area contributed by atoms with E-state index in [-0.39, 0.29) is 16.5 Å². The fraction of sp³-hybridized carbons (Fsp3) is 0.0769. The normalized spacial score (nSPS) is 18.0. The van der Waals surface area contributed by atoms with Gasteiger partial charge in [-0.15, -0.1) is 11.8 Å². The highest BCUT2D eigenvalue weighted by molar-refractivity contribution is 8.02. The van der Waals surface area contributed by atoms with Gasteiger partial charge in [0.2, 0.25) is 5.28 Å². The Hall–Kier alpha value is -1.59. The zero-order chi connectivity index (χ0) is 13.2. The van der Waals surface area contributed by atoms with Crippen LogP contribution in [-0.2, 0) is 0 Å². The average molecular weight is 294 g/mol. The fourth-order valence-corrected chi connectivity index (χ4v) is 2.86. The summed E-state index contributed by atoms with van der Waals surface area (Å²) in [5.74, 6) is -0.242. The molecule has 3 rings (SSSR count). The van der Waals surface area contributed by atoms with E-state index >= 15 is 0 Å². The molecule has 1 aliphatic heterocycles. The second kappa shape index (κ2) is 5.19. The Kier molecular flexibility index (Phi) is 3.40. The molecule has 1 unspecified atom stereocenters. The lowest BCUT2D eigenvalue weighted by atomic mass is 10.1. The van der Waals surface area contributed by atoms with E-state index in [1.807, 2.05) is 11.5 Å². The lowest BCUT2D eigenvalue weighted by Crippen LogP contribution is -2.13. The second-order valence-corrected chi connectivity index (χ2v) is 5.27. The van der Waals surface area contributed by atoms with Crippen molar-refractivity contribution in [2.24, 2.45) is 0 Å². The highest BCUT2D eigenvalue weighted by atomic mass is 35.5. The largest absolute Gasteiger partial charge is 0.367 e. The molecule has 0 radical (unpaired) electrons. The Balaban J connectivity index is 1.78. The molecule has 1 aromatic heterocycles. The van der Waals surface area contributed by atoms with E-state index in [1.165, 1.54) is 12.1 Å². The first kappa shape index (κ1) is 12.4. The smallest absolute Gasteiger partial charge is 0.222 e. The van der Waals surface area contributed by atoms with Crippen LogP contribution in [0.3, 0.4) is 0 Å². The maximum Gasteiger partial charge on any atom is 0.222 e. The van der Waals surface area contributed by atoms with Gasteiger partial charge in [-0.1, -0.05) is 0 Å². The zero-order valence-electron chi connectivity index (χ0n) is 9.68. The van der Waals surface area contributed by atoms with Crippen LogP contribution in [-0.4, -0.2) is 9.97 Å². The molecule has 1 aromatic carbocycles. The molecule has 2 aromatic rings. The first-order valence-electron chi connectivity index (χ1n) is 5.59. The summed E-state index contributed by atoms with van der Waals surface area (Å²) in [7, 11) is 0. The van der Waals surface area contributed by atoms with Crippen LogP contribution in [0.25, 0.3) is 5.70 Å². The minimum Gasteiger partial charge on any atom is -0.367 e. The van der Waals surface area contributed by atoms with Crippen LogP contribution in [0.15, 0.2) is 41.9 Å². The van der Waals surface area contributed by atoms with Crippen molar-refractivity contribution in [1.82, 2.24) is 15.3 Å². The Labute approximate surface area is 118 Å². The average Bonchev–Trinajstić information content (AvgIpc) is 2.89. The molecule has 0 saturated heterocycles. The number of halogens is 2. The van der Waals surface area contributed by atoms with E-state index in [9.17, 15) is 4.39 Å². The SMILES string of the molecule is Fc1ccc(C2=CSC(c3ccnc(Cl)n3)N2)cc1. The summed E-state index contributed by atoms with van der Waals surface area (Å²) in [5.41, 5.74) is 2.71. The summed E-state index contributed by atoms with van der Waals surface area (Å²) in [6.45, 7) is 0. The lowest BCUT2D eigenvalue weighted by Gasteiger charge is -2.12. The molecular weight excluding hydrogens is 285 g/mol. The molecule has 0 bridgehead atoms. The lowest BCUT2D eigenvalue weighted by molar-refractivity contribution is 0.627. The molecule has 0 spiro atoms. The molecular formula is C13H9ClFN3S. The molecule has 1 aliphatic rings. The standard InChI is InChI=1S/C13H9ClFN3S/c14-13-16-6-5-10(18-13)12-17-11(7-19-12)8-1-3-9(15)4-2-8/h1-7,12,17H. The number of nitrogens with one attached hydrogen (secondary N) is 1. The Morgan fingerprint density at radius 1 is 1.21 bits per heavy atom. The van der Waals surface area contributed by atoms with Gasteiger partial charge in [-0.05, 0) is 52.9 Å². The topological polar surface area (TPSA) is 37.8 Å². The molecule has 1 N–H and O–H groups in total. The van der Waals surface area contributed by atoms with Gasteiger partial charge in [0, 0.05) is 11.9 Å². The van der Waals surface area contributed by atoms with Gasteiger partial charge in [-0.3, -0.25) is 0 Å². The van der Waals surface area contributed by atoms with Gasteiger partial charge in [0.05, 0.1) is 5.69 Å². The number of rotatable bonds is 2. The van der Waals surface area contributed by atoms with Gasteiger partial charge in [0.1, 0.15) is 11.2 Å². The van der Waals surface area contributed by atoms with Gasteiger partial charge in [-0.25, -0.2) is 14.4 Å². The zero-order valence-corrected chi connectivity index (χ0v) is 11.2. The van der Waals surface area contributed by atoms with E-state index in [0.717, 1.165) is 17.0 Å². The van der Waals surface area contributed by atoms with E-state index < -0.39 is 0 Å². The summed E-state index contributed by atoms with van der Waals surface area (Å²) in [6, 6.07) is 8.18. The van der Waals surface area contributed by atoms with Crippen LogP contribution in [0, 0.1) is 5.82 Å². The van der Waals surface area contributed by atoms with Crippen molar-refractivity contribution >= 4 is 29.1 Å². The van der Waals surface area contributed by atoms with E-state index in [2.05, 4.69) is 15.3 Å². The summed E-state index contributed by atoms with van der Waals surface area (Å²) in [5, 5.41) is 5.55. The molecule has 6 heteroatoms. The van der Waals surface area contributed by atoms with Gasteiger partial charge in [-0.2, -0.15) is 0 Å². The highest BCUT2D eigenvalue weighted by Crippen LogP contribution is 2.36. The van der Waals surface area contributed by atoms with Gasteiger partial charge in [0.15, 0.2) is 0 Å². The molecule has 19 heavy (non-hydrogen) atoms. The molecule has 0 aliphatic carbocycles. The van der Waals surface area contributed by atoms with Gasteiger partial charge >= 0.3 is 0 Å².